The Morgan fingerprint density at radius 1 is 1.26 bits per heavy atom. The minimum atomic E-state index is 0.212. The fourth-order valence-corrected chi connectivity index (χ4v) is 3.92. The summed E-state index contributed by atoms with van der Waals surface area (Å²) < 4.78 is 0. The molecule has 124 valence electrons. The van der Waals surface area contributed by atoms with E-state index in [1.54, 1.807) is 0 Å². The molecular weight excluding hydrogens is 292 g/mol. The number of carbonyl (C=O) groups is 1. The number of piperidine rings is 1. The van der Waals surface area contributed by atoms with Crippen molar-refractivity contribution in [2.24, 2.45) is 5.92 Å². The molecular formula is C16H24N6O. The Balaban J connectivity index is 1.47. The minimum Gasteiger partial charge on any atom is -0.343 e. The van der Waals surface area contributed by atoms with Gasteiger partial charge >= 0.3 is 0 Å². The summed E-state index contributed by atoms with van der Waals surface area (Å²) in [6, 6.07) is 6.70. The summed E-state index contributed by atoms with van der Waals surface area (Å²) in [5, 5.41) is 3.60. The highest BCUT2D eigenvalue weighted by molar-refractivity contribution is 5.78. The lowest BCUT2D eigenvalue weighted by molar-refractivity contribution is -0.136. The molecule has 0 aromatic carbocycles. The number of amides is 1. The molecule has 1 aromatic heterocycles. The van der Waals surface area contributed by atoms with Gasteiger partial charge in [-0.15, -0.1) is 0 Å². The molecule has 4 rings (SSSR count). The van der Waals surface area contributed by atoms with E-state index in [1.165, 1.54) is 0 Å². The zero-order valence-corrected chi connectivity index (χ0v) is 13.4. The summed E-state index contributed by atoms with van der Waals surface area (Å²) in [6.45, 7) is 3.17. The van der Waals surface area contributed by atoms with Crippen molar-refractivity contribution in [1.29, 1.82) is 0 Å². The van der Waals surface area contributed by atoms with Gasteiger partial charge in [0.25, 0.3) is 0 Å². The number of aromatic nitrogens is 1. The lowest BCUT2D eigenvalue weighted by atomic mass is 9.85. The molecule has 4 heterocycles. The fraction of sp³-hybridized carbons (Fsp3) is 0.625. The number of nitrogens with zero attached hydrogens (tertiary/aromatic N) is 3. The normalized spacial score (nSPS) is 35.3. The monoisotopic (exact) mass is 316 g/mol. The van der Waals surface area contributed by atoms with Gasteiger partial charge in [0.15, 0.2) is 0 Å². The van der Waals surface area contributed by atoms with Gasteiger partial charge < -0.3 is 10.2 Å². The van der Waals surface area contributed by atoms with E-state index in [2.05, 4.69) is 32.1 Å². The van der Waals surface area contributed by atoms with Gasteiger partial charge in [0, 0.05) is 44.8 Å². The SMILES string of the molecule is CN1CCN(C2CC3C(CN2)NNC3c2ccccn2)CC1=O. The zero-order chi connectivity index (χ0) is 15.8. The minimum absolute atomic E-state index is 0.212. The van der Waals surface area contributed by atoms with E-state index in [9.17, 15) is 4.79 Å². The van der Waals surface area contributed by atoms with E-state index < -0.39 is 0 Å². The largest absolute Gasteiger partial charge is 0.343 e. The molecule has 4 unspecified atom stereocenters. The number of hydrogen-bond donors (Lipinski definition) is 3. The van der Waals surface area contributed by atoms with E-state index in [0.717, 1.165) is 31.7 Å². The first-order valence-corrected chi connectivity index (χ1v) is 8.36. The Labute approximate surface area is 136 Å². The quantitative estimate of drug-likeness (QED) is 0.671. The van der Waals surface area contributed by atoms with Gasteiger partial charge in [-0.2, -0.15) is 0 Å². The Kier molecular flexibility index (Phi) is 4.02. The number of carbonyl (C=O) groups excluding carboxylic acids is 1. The highest BCUT2D eigenvalue weighted by atomic mass is 16.2. The predicted octanol–water partition coefficient (Wildman–Crippen LogP) is -0.691. The second-order valence-electron chi connectivity index (χ2n) is 6.74. The van der Waals surface area contributed by atoms with Gasteiger partial charge in [-0.25, -0.2) is 5.43 Å². The average molecular weight is 316 g/mol. The molecule has 3 aliphatic heterocycles. The Hall–Kier alpha value is -1.54. The number of piperazine rings is 1. The van der Waals surface area contributed by atoms with Crippen LogP contribution in [0.15, 0.2) is 24.4 Å². The van der Waals surface area contributed by atoms with Crippen LogP contribution in [-0.4, -0.2) is 66.1 Å². The first-order valence-electron chi connectivity index (χ1n) is 8.36. The summed E-state index contributed by atoms with van der Waals surface area (Å²) in [5.41, 5.74) is 7.89. The fourth-order valence-electron chi connectivity index (χ4n) is 3.92. The smallest absolute Gasteiger partial charge is 0.236 e. The van der Waals surface area contributed by atoms with Gasteiger partial charge in [-0.3, -0.25) is 20.1 Å². The van der Waals surface area contributed by atoms with Crippen LogP contribution in [0, 0.1) is 5.92 Å². The van der Waals surface area contributed by atoms with Crippen molar-refractivity contribution >= 4 is 5.91 Å². The number of pyridine rings is 1. The molecule has 4 atom stereocenters. The first-order chi connectivity index (χ1) is 11.2. The molecule has 3 saturated heterocycles. The van der Waals surface area contributed by atoms with Crippen LogP contribution in [-0.2, 0) is 4.79 Å². The van der Waals surface area contributed by atoms with Crippen LogP contribution in [0.1, 0.15) is 18.2 Å². The van der Waals surface area contributed by atoms with Crippen LogP contribution in [0.2, 0.25) is 0 Å². The van der Waals surface area contributed by atoms with Crippen molar-refractivity contribution < 1.29 is 4.79 Å². The molecule has 7 nitrogen and oxygen atoms in total. The molecule has 23 heavy (non-hydrogen) atoms. The van der Waals surface area contributed by atoms with Gasteiger partial charge in [0.2, 0.25) is 5.91 Å². The topological polar surface area (TPSA) is 72.5 Å². The van der Waals surface area contributed by atoms with E-state index in [0.29, 0.717) is 18.5 Å². The predicted molar refractivity (Wildman–Crippen MR) is 86.1 cm³/mol. The molecule has 1 amide bonds. The van der Waals surface area contributed by atoms with Crippen LogP contribution in [0.5, 0.6) is 0 Å². The highest BCUT2D eigenvalue weighted by Crippen LogP contribution is 2.34. The zero-order valence-electron chi connectivity index (χ0n) is 13.4. The Morgan fingerprint density at radius 3 is 2.96 bits per heavy atom. The maximum absolute atomic E-state index is 12.0. The molecule has 0 spiro atoms. The standard InChI is InChI=1S/C16H24N6O/c1-21-6-7-22(10-15(21)23)14-8-11-13(9-18-14)19-20-16(11)12-4-2-3-5-17-12/h2-5,11,13-14,16,18-20H,6-10H2,1H3. The van der Waals surface area contributed by atoms with E-state index in [1.807, 2.05) is 30.3 Å². The van der Waals surface area contributed by atoms with Crippen molar-refractivity contribution in [3.05, 3.63) is 30.1 Å². The number of likely N-dealkylation sites (N-methyl/N-ethyl adjacent to an activating group) is 1. The molecule has 3 fully saturated rings. The van der Waals surface area contributed by atoms with E-state index in [4.69, 9.17) is 0 Å². The summed E-state index contributed by atoms with van der Waals surface area (Å²) in [7, 11) is 1.88. The second kappa shape index (κ2) is 6.16. The van der Waals surface area contributed by atoms with Crippen LogP contribution >= 0.6 is 0 Å². The molecule has 0 aliphatic carbocycles. The Morgan fingerprint density at radius 2 is 2.17 bits per heavy atom. The Bertz CT molecular complexity index is 567. The number of nitrogens with one attached hydrogen (secondary N) is 3. The third kappa shape index (κ3) is 2.85. The van der Waals surface area contributed by atoms with Crippen molar-refractivity contribution in [3.63, 3.8) is 0 Å². The van der Waals surface area contributed by atoms with Gasteiger partial charge in [0.1, 0.15) is 0 Å². The number of hydrazine groups is 1. The maximum Gasteiger partial charge on any atom is 0.236 e. The van der Waals surface area contributed by atoms with Gasteiger partial charge in [0.05, 0.1) is 24.4 Å². The average Bonchev–Trinajstić information content (AvgIpc) is 3.01. The van der Waals surface area contributed by atoms with Gasteiger partial charge in [-0.1, -0.05) is 6.07 Å². The van der Waals surface area contributed by atoms with Crippen molar-refractivity contribution in [1.82, 2.24) is 31.0 Å². The molecule has 0 bridgehead atoms. The van der Waals surface area contributed by atoms with Crippen LogP contribution in [0.4, 0.5) is 0 Å². The van der Waals surface area contributed by atoms with Crippen LogP contribution in [0.3, 0.4) is 0 Å². The molecule has 0 saturated carbocycles. The third-order valence-corrected chi connectivity index (χ3v) is 5.37. The maximum atomic E-state index is 12.0. The van der Waals surface area contributed by atoms with Crippen LogP contribution < -0.4 is 16.2 Å². The van der Waals surface area contributed by atoms with Crippen molar-refractivity contribution in [3.8, 4) is 0 Å². The summed E-state index contributed by atoms with van der Waals surface area (Å²) in [6.07, 6.45) is 3.13. The number of fused-ring (bicyclic) bond motifs is 1. The van der Waals surface area contributed by atoms with Crippen molar-refractivity contribution in [2.75, 3.05) is 33.2 Å². The van der Waals surface area contributed by atoms with E-state index in [-0.39, 0.29) is 18.1 Å². The third-order valence-electron chi connectivity index (χ3n) is 5.37. The van der Waals surface area contributed by atoms with Gasteiger partial charge in [-0.05, 0) is 18.6 Å². The lowest BCUT2D eigenvalue weighted by Gasteiger charge is -2.43. The van der Waals surface area contributed by atoms with E-state index >= 15 is 0 Å². The van der Waals surface area contributed by atoms with Crippen LogP contribution in [0.25, 0.3) is 0 Å². The first kappa shape index (κ1) is 15.0. The lowest BCUT2D eigenvalue weighted by Crippen LogP contribution is -2.61. The summed E-state index contributed by atoms with van der Waals surface area (Å²) in [4.78, 5) is 20.6. The summed E-state index contributed by atoms with van der Waals surface area (Å²) >= 11 is 0. The molecule has 0 radical (unpaired) electrons. The molecule has 3 N–H and O–H groups in total. The highest BCUT2D eigenvalue weighted by Gasteiger charge is 2.43. The molecule has 7 heteroatoms. The molecule has 1 aromatic rings. The number of hydrogen-bond acceptors (Lipinski definition) is 6. The summed E-state index contributed by atoms with van der Waals surface area (Å²) in [5.74, 6) is 0.690. The molecule has 3 aliphatic rings. The van der Waals surface area contributed by atoms with Crippen molar-refractivity contribution in [2.45, 2.75) is 24.7 Å². The second-order valence-corrected chi connectivity index (χ2v) is 6.74. The number of rotatable bonds is 2.